The van der Waals surface area contributed by atoms with Crippen LogP contribution in [0.25, 0.3) is 0 Å². The van der Waals surface area contributed by atoms with Crippen molar-refractivity contribution in [1.82, 2.24) is 0 Å². The fourth-order valence-electron chi connectivity index (χ4n) is 2.46. The maximum atomic E-state index is 11.4. The normalized spacial score (nSPS) is 19.1. The molecule has 0 amide bonds. The second kappa shape index (κ2) is 3.77. The van der Waals surface area contributed by atoms with Crippen LogP contribution >= 0.6 is 0 Å². The largest absolute Gasteiger partial charge is 0.508 e. The van der Waals surface area contributed by atoms with E-state index in [1.54, 1.807) is 18.2 Å². The van der Waals surface area contributed by atoms with E-state index in [1.807, 2.05) is 6.07 Å². The minimum Gasteiger partial charge on any atom is -0.508 e. The lowest BCUT2D eigenvalue weighted by Crippen LogP contribution is -2.40. The SMILES string of the molecule is CS(=O)(=O)CC1(c2cccc(O)c2)CCC1. The van der Waals surface area contributed by atoms with Crippen molar-refractivity contribution >= 4 is 9.84 Å². The number of rotatable bonds is 3. The van der Waals surface area contributed by atoms with Crippen LogP contribution in [0.5, 0.6) is 5.75 Å². The van der Waals surface area contributed by atoms with E-state index in [-0.39, 0.29) is 16.9 Å². The number of hydrogen-bond acceptors (Lipinski definition) is 3. The number of phenols is 1. The van der Waals surface area contributed by atoms with Crippen LogP contribution in [0, 0.1) is 0 Å². The van der Waals surface area contributed by atoms with Gasteiger partial charge in [0.25, 0.3) is 0 Å². The van der Waals surface area contributed by atoms with Gasteiger partial charge in [-0.2, -0.15) is 0 Å². The van der Waals surface area contributed by atoms with Gasteiger partial charge in [0.15, 0.2) is 0 Å². The lowest BCUT2D eigenvalue weighted by atomic mass is 9.66. The molecule has 16 heavy (non-hydrogen) atoms. The predicted molar refractivity (Wildman–Crippen MR) is 63.3 cm³/mol. The summed E-state index contributed by atoms with van der Waals surface area (Å²) >= 11 is 0. The summed E-state index contributed by atoms with van der Waals surface area (Å²) in [6.07, 6.45) is 4.12. The summed E-state index contributed by atoms with van der Waals surface area (Å²) in [5, 5.41) is 9.44. The van der Waals surface area contributed by atoms with Crippen molar-refractivity contribution in [2.45, 2.75) is 24.7 Å². The predicted octanol–water partition coefficient (Wildman–Crippen LogP) is 1.86. The van der Waals surface area contributed by atoms with E-state index < -0.39 is 9.84 Å². The third kappa shape index (κ3) is 2.21. The molecule has 1 aliphatic carbocycles. The van der Waals surface area contributed by atoms with Gasteiger partial charge in [0.05, 0.1) is 5.75 Å². The summed E-state index contributed by atoms with van der Waals surface area (Å²) in [6.45, 7) is 0. The molecule has 1 aromatic rings. The van der Waals surface area contributed by atoms with Crippen molar-refractivity contribution in [1.29, 1.82) is 0 Å². The maximum absolute atomic E-state index is 11.4. The highest BCUT2D eigenvalue weighted by atomic mass is 32.2. The number of aromatic hydroxyl groups is 1. The molecule has 0 aliphatic heterocycles. The number of sulfone groups is 1. The Kier molecular flexibility index (Phi) is 2.70. The van der Waals surface area contributed by atoms with Crippen LogP contribution in [-0.2, 0) is 15.3 Å². The monoisotopic (exact) mass is 240 g/mol. The van der Waals surface area contributed by atoms with E-state index >= 15 is 0 Å². The van der Waals surface area contributed by atoms with Crippen LogP contribution in [0.4, 0.5) is 0 Å². The quantitative estimate of drug-likeness (QED) is 0.877. The molecule has 1 saturated carbocycles. The fraction of sp³-hybridized carbons (Fsp3) is 0.500. The zero-order chi connectivity index (χ0) is 11.8. The maximum Gasteiger partial charge on any atom is 0.148 e. The van der Waals surface area contributed by atoms with Crippen molar-refractivity contribution in [2.75, 3.05) is 12.0 Å². The van der Waals surface area contributed by atoms with Gasteiger partial charge in [0, 0.05) is 11.7 Å². The molecule has 3 nitrogen and oxygen atoms in total. The highest BCUT2D eigenvalue weighted by Crippen LogP contribution is 2.45. The Hall–Kier alpha value is -1.03. The van der Waals surface area contributed by atoms with Crippen molar-refractivity contribution in [3.05, 3.63) is 29.8 Å². The molecule has 1 N–H and O–H groups in total. The van der Waals surface area contributed by atoms with Crippen molar-refractivity contribution in [2.24, 2.45) is 0 Å². The van der Waals surface area contributed by atoms with Crippen LogP contribution in [-0.4, -0.2) is 25.5 Å². The molecule has 0 spiro atoms. The van der Waals surface area contributed by atoms with E-state index in [0.29, 0.717) is 0 Å². The Balaban J connectivity index is 2.35. The van der Waals surface area contributed by atoms with Crippen molar-refractivity contribution in [3.63, 3.8) is 0 Å². The zero-order valence-electron chi connectivity index (χ0n) is 9.31. The molecule has 1 aromatic carbocycles. The van der Waals surface area contributed by atoms with Gasteiger partial charge in [0.2, 0.25) is 0 Å². The molecule has 0 aromatic heterocycles. The van der Waals surface area contributed by atoms with Gasteiger partial charge in [-0.25, -0.2) is 8.42 Å². The fourth-order valence-corrected chi connectivity index (χ4v) is 3.92. The first-order chi connectivity index (χ1) is 7.41. The minimum atomic E-state index is -2.99. The minimum absolute atomic E-state index is 0.184. The van der Waals surface area contributed by atoms with E-state index in [2.05, 4.69) is 0 Å². The van der Waals surface area contributed by atoms with Gasteiger partial charge in [-0.05, 0) is 30.5 Å². The Morgan fingerprint density at radius 2 is 2.06 bits per heavy atom. The van der Waals surface area contributed by atoms with E-state index in [9.17, 15) is 13.5 Å². The molecule has 0 atom stereocenters. The van der Waals surface area contributed by atoms with Gasteiger partial charge < -0.3 is 5.11 Å². The first-order valence-corrected chi connectivity index (χ1v) is 7.45. The number of benzene rings is 1. The molecular formula is C12H16O3S. The molecule has 1 aliphatic rings. The lowest BCUT2D eigenvalue weighted by molar-refractivity contribution is 0.274. The average molecular weight is 240 g/mol. The van der Waals surface area contributed by atoms with Crippen LogP contribution in [0.3, 0.4) is 0 Å². The Morgan fingerprint density at radius 3 is 2.50 bits per heavy atom. The number of hydrogen-bond donors (Lipinski definition) is 1. The Labute approximate surface area is 96.0 Å². The van der Waals surface area contributed by atoms with Crippen LogP contribution in [0.1, 0.15) is 24.8 Å². The van der Waals surface area contributed by atoms with Gasteiger partial charge in [-0.15, -0.1) is 0 Å². The summed E-state index contributed by atoms with van der Waals surface area (Å²) in [4.78, 5) is 0. The second-order valence-electron chi connectivity index (χ2n) is 4.75. The summed E-state index contributed by atoms with van der Waals surface area (Å²) < 4.78 is 22.9. The smallest absolute Gasteiger partial charge is 0.148 e. The average Bonchev–Trinajstić information content (AvgIpc) is 2.10. The molecular weight excluding hydrogens is 224 g/mol. The summed E-state index contributed by atoms with van der Waals surface area (Å²) in [5.41, 5.74) is 0.691. The molecule has 88 valence electrons. The van der Waals surface area contributed by atoms with Gasteiger partial charge in [-0.1, -0.05) is 18.6 Å². The van der Waals surface area contributed by atoms with Crippen molar-refractivity contribution < 1.29 is 13.5 Å². The topological polar surface area (TPSA) is 54.4 Å². The van der Waals surface area contributed by atoms with Gasteiger partial charge >= 0.3 is 0 Å². The van der Waals surface area contributed by atoms with Gasteiger partial charge in [-0.3, -0.25) is 0 Å². The van der Waals surface area contributed by atoms with E-state index in [0.717, 1.165) is 24.8 Å². The molecule has 0 unspecified atom stereocenters. The first kappa shape index (κ1) is 11.5. The third-order valence-electron chi connectivity index (χ3n) is 3.31. The molecule has 2 rings (SSSR count). The lowest BCUT2D eigenvalue weighted by Gasteiger charge is -2.42. The van der Waals surface area contributed by atoms with E-state index in [1.165, 1.54) is 6.26 Å². The van der Waals surface area contributed by atoms with Crippen LogP contribution < -0.4 is 0 Å². The third-order valence-corrected chi connectivity index (χ3v) is 4.38. The van der Waals surface area contributed by atoms with Crippen LogP contribution in [0.15, 0.2) is 24.3 Å². The van der Waals surface area contributed by atoms with E-state index in [4.69, 9.17) is 0 Å². The molecule has 0 saturated heterocycles. The molecule has 0 radical (unpaired) electrons. The Morgan fingerprint density at radius 1 is 1.38 bits per heavy atom. The van der Waals surface area contributed by atoms with Crippen molar-refractivity contribution in [3.8, 4) is 5.75 Å². The number of phenolic OH excluding ortho intramolecular Hbond substituents is 1. The van der Waals surface area contributed by atoms with Gasteiger partial charge in [0.1, 0.15) is 15.6 Å². The standard InChI is InChI=1S/C12H16O3S/c1-16(14,15)9-12(6-3-7-12)10-4-2-5-11(13)8-10/h2,4-5,8,13H,3,6-7,9H2,1H3. The highest BCUT2D eigenvalue weighted by Gasteiger charge is 2.41. The summed E-state index contributed by atoms with van der Waals surface area (Å²) in [7, 11) is -2.99. The zero-order valence-corrected chi connectivity index (χ0v) is 10.1. The molecule has 0 heterocycles. The summed E-state index contributed by atoms with van der Waals surface area (Å²) in [5.74, 6) is 0.390. The highest BCUT2D eigenvalue weighted by molar-refractivity contribution is 7.90. The first-order valence-electron chi connectivity index (χ1n) is 5.39. The molecule has 1 fully saturated rings. The second-order valence-corrected chi connectivity index (χ2v) is 6.89. The summed E-state index contributed by atoms with van der Waals surface area (Å²) in [6, 6.07) is 6.97. The van der Waals surface area contributed by atoms with Crippen LogP contribution in [0.2, 0.25) is 0 Å². The molecule has 0 bridgehead atoms. The Bertz CT molecular complexity index is 487. The molecule has 4 heteroatoms.